The van der Waals surface area contributed by atoms with E-state index in [9.17, 15) is 0 Å². The fourth-order valence-electron chi connectivity index (χ4n) is 2.69. The Balaban J connectivity index is 0.00000288. The lowest BCUT2D eigenvalue weighted by molar-refractivity contribution is 0.731. The van der Waals surface area contributed by atoms with Gasteiger partial charge in [0.25, 0.3) is 0 Å². The molecular formula is C18H29IN4S. The van der Waals surface area contributed by atoms with Gasteiger partial charge in [-0.1, -0.05) is 18.2 Å². The molecule has 0 bridgehead atoms. The molecule has 3 N–H and O–H groups in total. The van der Waals surface area contributed by atoms with Crippen molar-refractivity contribution in [2.75, 3.05) is 32.1 Å². The van der Waals surface area contributed by atoms with Crippen LogP contribution in [0.3, 0.4) is 0 Å². The van der Waals surface area contributed by atoms with Crippen LogP contribution in [0.1, 0.15) is 24.0 Å². The maximum atomic E-state index is 4.28. The normalized spacial score (nSPS) is 11.4. The number of nitrogens with zero attached hydrogens (tertiary/aromatic N) is 1. The Morgan fingerprint density at radius 1 is 1.21 bits per heavy atom. The number of nitrogens with one attached hydrogen (secondary N) is 3. The number of hydrogen-bond acceptors (Lipinski definition) is 2. The molecule has 0 saturated heterocycles. The molecular weight excluding hydrogens is 431 g/mol. The maximum absolute atomic E-state index is 4.28. The van der Waals surface area contributed by atoms with E-state index < -0.39 is 0 Å². The van der Waals surface area contributed by atoms with Crippen LogP contribution in [-0.4, -0.2) is 43.1 Å². The highest BCUT2D eigenvalue weighted by molar-refractivity contribution is 14.0. The molecule has 1 aromatic carbocycles. The van der Waals surface area contributed by atoms with Gasteiger partial charge >= 0.3 is 0 Å². The standard InChI is InChI=1S/C18H28N4S.HI/c1-14-7-6-8-16-15(13-22-17(14)16)9-11-21-18(19-2)20-10-4-5-12-23-3;/h6-8,13,22H,4-5,9-12H2,1-3H3,(H2,19,20,21);1H. The average Bonchev–Trinajstić information content (AvgIpc) is 2.97. The predicted molar refractivity (Wildman–Crippen MR) is 119 cm³/mol. The van der Waals surface area contributed by atoms with Gasteiger partial charge in [-0.2, -0.15) is 11.8 Å². The number of H-pyrrole nitrogens is 1. The van der Waals surface area contributed by atoms with E-state index in [2.05, 4.69) is 58.2 Å². The van der Waals surface area contributed by atoms with Crippen LogP contribution in [0, 0.1) is 6.92 Å². The smallest absolute Gasteiger partial charge is 0.190 e. The van der Waals surface area contributed by atoms with Crippen molar-refractivity contribution in [2.24, 2.45) is 4.99 Å². The van der Waals surface area contributed by atoms with Crippen molar-refractivity contribution in [3.8, 4) is 0 Å². The maximum Gasteiger partial charge on any atom is 0.190 e. The Morgan fingerprint density at radius 3 is 2.75 bits per heavy atom. The number of aromatic amines is 1. The molecule has 2 aromatic rings. The summed E-state index contributed by atoms with van der Waals surface area (Å²) in [4.78, 5) is 7.67. The molecule has 0 amide bonds. The third kappa shape index (κ3) is 6.20. The van der Waals surface area contributed by atoms with E-state index in [1.807, 2.05) is 18.8 Å². The molecule has 0 aliphatic heterocycles. The van der Waals surface area contributed by atoms with Crippen molar-refractivity contribution in [3.05, 3.63) is 35.5 Å². The minimum absolute atomic E-state index is 0. The Bertz CT molecular complexity index is 639. The second-order valence-electron chi connectivity index (χ2n) is 5.69. The first-order valence-corrected chi connectivity index (χ1v) is 9.64. The highest BCUT2D eigenvalue weighted by Crippen LogP contribution is 2.21. The molecule has 0 aliphatic rings. The molecule has 0 atom stereocenters. The summed E-state index contributed by atoms with van der Waals surface area (Å²) in [6, 6.07) is 6.45. The Kier molecular flexibility index (Phi) is 10.2. The zero-order chi connectivity index (χ0) is 16.5. The van der Waals surface area contributed by atoms with Crippen molar-refractivity contribution in [3.63, 3.8) is 0 Å². The first-order valence-electron chi connectivity index (χ1n) is 8.25. The quantitative estimate of drug-likeness (QED) is 0.242. The summed E-state index contributed by atoms with van der Waals surface area (Å²) in [5.41, 5.74) is 3.90. The Morgan fingerprint density at radius 2 is 2.00 bits per heavy atom. The van der Waals surface area contributed by atoms with Gasteiger partial charge in [-0.05, 0) is 49.3 Å². The van der Waals surface area contributed by atoms with Crippen molar-refractivity contribution < 1.29 is 0 Å². The minimum Gasteiger partial charge on any atom is -0.361 e. The van der Waals surface area contributed by atoms with Crippen LogP contribution in [-0.2, 0) is 6.42 Å². The number of hydrogen-bond donors (Lipinski definition) is 3. The van der Waals surface area contributed by atoms with Crippen LogP contribution in [0.25, 0.3) is 10.9 Å². The first-order chi connectivity index (χ1) is 11.3. The average molecular weight is 460 g/mol. The molecule has 24 heavy (non-hydrogen) atoms. The SMILES string of the molecule is CN=C(NCCCCSC)NCCc1c[nH]c2c(C)cccc12.I. The van der Waals surface area contributed by atoms with E-state index >= 15 is 0 Å². The van der Waals surface area contributed by atoms with Crippen molar-refractivity contribution >= 4 is 52.6 Å². The number of aliphatic imine (C=N–C) groups is 1. The van der Waals surface area contributed by atoms with Crippen LogP contribution < -0.4 is 10.6 Å². The lowest BCUT2D eigenvalue weighted by Gasteiger charge is -2.11. The number of aromatic nitrogens is 1. The van der Waals surface area contributed by atoms with Gasteiger partial charge in [0, 0.05) is 37.2 Å². The molecule has 0 spiro atoms. The fourth-order valence-corrected chi connectivity index (χ4v) is 3.18. The molecule has 0 fully saturated rings. The number of fused-ring (bicyclic) bond motifs is 1. The molecule has 0 unspecified atom stereocenters. The fraction of sp³-hybridized carbons (Fsp3) is 0.500. The first kappa shape index (κ1) is 21.2. The number of rotatable bonds is 8. The zero-order valence-electron chi connectivity index (χ0n) is 14.8. The van der Waals surface area contributed by atoms with Crippen molar-refractivity contribution in [2.45, 2.75) is 26.2 Å². The van der Waals surface area contributed by atoms with Gasteiger partial charge in [0.05, 0.1) is 0 Å². The number of unbranched alkanes of at least 4 members (excludes halogenated alkanes) is 1. The summed E-state index contributed by atoms with van der Waals surface area (Å²) in [7, 11) is 1.83. The van der Waals surface area contributed by atoms with E-state index in [-0.39, 0.29) is 24.0 Å². The highest BCUT2D eigenvalue weighted by atomic mass is 127. The van der Waals surface area contributed by atoms with Gasteiger partial charge in [0.2, 0.25) is 0 Å². The molecule has 4 nitrogen and oxygen atoms in total. The summed E-state index contributed by atoms with van der Waals surface area (Å²) in [5.74, 6) is 2.12. The van der Waals surface area contributed by atoms with Gasteiger partial charge in [-0.3, -0.25) is 4.99 Å². The van der Waals surface area contributed by atoms with Crippen molar-refractivity contribution in [1.29, 1.82) is 0 Å². The zero-order valence-corrected chi connectivity index (χ0v) is 18.0. The largest absolute Gasteiger partial charge is 0.361 e. The van der Waals surface area contributed by atoms with E-state index in [1.165, 1.54) is 40.6 Å². The number of para-hydroxylation sites is 1. The van der Waals surface area contributed by atoms with Crippen LogP contribution in [0.15, 0.2) is 29.4 Å². The third-order valence-electron chi connectivity index (χ3n) is 3.99. The van der Waals surface area contributed by atoms with E-state index in [0.29, 0.717) is 0 Å². The van der Waals surface area contributed by atoms with Gasteiger partial charge in [-0.25, -0.2) is 0 Å². The summed E-state index contributed by atoms with van der Waals surface area (Å²) >= 11 is 1.90. The number of benzene rings is 1. The monoisotopic (exact) mass is 460 g/mol. The Hall–Kier alpha value is -0.890. The summed E-state index contributed by atoms with van der Waals surface area (Å²) in [5, 5.41) is 8.10. The molecule has 1 aromatic heterocycles. The predicted octanol–water partition coefficient (Wildman–Crippen LogP) is 3.95. The second kappa shape index (κ2) is 11.6. The molecule has 2 rings (SSSR count). The minimum atomic E-state index is 0. The third-order valence-corrected chi connectivity index (χ3v) is 4.68. The Labute approximate surface area is 166 Å². The molecule has 0 radical (unpaired) electrons. The summed E-state index contributed by atoms with van der Waals surface area (Å²) < 4.78 is 0. The van der Waals surface area contributed by atoms with E-state index in [0.717, 1.165) is 25.5 Å². The summed E-state index contributed by atoms with van der Waals surface area (Å²) in [6.45, 7) is 4.00. The van der Waals surface area contributed by atoms with E-state index in [4.69, 9.17) is 0 Å². The van der Waals surface area contributed by atoms with Crippen LogP contribution in [0.2, 0.25) is 0 Å². The number of halogens is 1. The van der Waals surface area contributed by atoms with E-state index in [1.54, 1.807) is 0 Å². The summed E-state index contributed by atoms with van der Waals surface area (Å²) in [6.07, 6.45) is 7.69. The number of guanidine groups is 1. The van der Waals surface area contributed by atoms with Crippen LogP contribution >= 0.6 is 35.7 Å². The molecule has 6 heteroatoms. The topological polar surface area (TPSA) is 52.2 Å². The van der Waals surface area contributed by atoms with Crippen LogP contribution in [0.4, 0.5) is 0 Å². The lowest BCUT2D eigenvalue weighted by Crippen LogP contribution is -2.38. The lowest BCUT2D eigenvalue weighted by atomic mass is 10.1. The molecule has 134 valence electrons. The second-order valence-corrected chi connectivity index (χ2v) is 6.67. The molecule has 1 heterocycles. The van der Waals surface area contributed by atoms with Gasteiger partial charge in [0.15, 0.2) is 5.96 Å². The molecule has 0 aliphatic carbocycles. The highest BCUT2D eigenvalue weighted by Gasteiger charge is 2.05. The van der Waals surface area contributed by atoms with Crippen molar-refractivity contribution in [1.82, 2.24) is 15.6 Å². The number of aryl methyl sites for hydroxylation is 1. The molecule has 0 saturated carbocycles. The van der Waals surface area contributed by atoms with Gasteiger partial charge in [0.1, 0.15) is 0 Å². The van der Waals surface area contributed by atoms with Crippen LogP contribution in [0.5, 0.6) is 0 Å². The van der Waals surface area contributed by atoms with Gasteiger partial charge < -0.3 is 15.6 Å². The number of thioether (sulfide) groups is 1. The van der Waals surface area contributed by atoms with Gasteiger partial charge in [-0.15, -0.1) is 24.0 Å².